The lowest BCUT2D eigenvalue weighted by molar-refractivity contribution is 0.622. The van der Waals surface area contributed by atoms with Crippen LogP contribution in [0.2, 0.25) is 0 Å². The Kier molecular flexibility index (Phi) is 4.00. The predicted octanol–water partition coefficient (Wildman–Crippen LogP) is 2.91. The van der Waals surface area contributed by atoms with Crippen LogP contribution in [-0.2, 0) is 6.54 Å². The number of nitrogens with two attached hydrogens (primary N) is 1. The summed E-state index contributed by atoms with van der Waals surface area (Å²) in [6.45, 7) is 4.60. The third-order valence-electron chi connectivity index (χ3n) is 3.21. The first kappa shape index (κ1) is 12.4. The molecule has 1 saturated carbocycles. The normalized spacial score (nSPS) is 15.0. The van der Waals surface area contributed by atoms with Crippen LogP contribution in [0.25, 0.3) is 0 Å². The summed E-state index contributed by atoms with van der Waals surface area (Å²) in [7, 11) is 0. The van der Waals surface area contributed by atoms with E-state index in [0.717, 1.165) is 36.7 Å². The average Bonchev–Trinajstić information content (AvgIpc) is 3.11. The molecule has 1 aliphatic carbocycles. The third kappa shape index (κ3) is 3.43. The lowest BCUT2D eigenvalue weighted by Gasteiger charge is -2.25. The van der Waals surface area contributed by atoms with Crippen LogP contribution in [0.3, 0.4) is 0 Å². The van der Waals surface area contributed by atoms with Crippen molar-refractivity contribution >= 4 is 5.69 Å². The van der Waals surface area contributed by atoms with E-state index in [9.17, 15) is 4.39 Å². The van der Waals surface area contributed by atoms with Gasteiger partial charge in [0.15, 0.2) is 0 Å². The molecule has 2 rings (SSSR count). The molecule has 1 fully saturated rings. The van der Waals surface area contributed by atoms with Gasteiger partial charge < -0.3 is 10.6 Å². The molecule has 1 aliphatic rings. The largest absolute Gasteiger partial charge is 0.371 e. The smallest absolute Gasteiger partial charge is 0.125 e. The molecule has 0 spiro atoms. The van der Waals surface area contributed by atoms with Gasteiger partial charge in [0.25, 0.3) is 0 Å². The van der Waals surface area contributed by atoms with Crippen molar-refractivity contribution in [1.29, 1.82) is 0 Å². The Morgan fingerprint density at radius 1 is 1.35 bits per heavy atom. The van der Waals surface area contributed by atoms with E-state index in [1.54, 1.807) is 6.07 Å². The van der Waals surface area contributed by atoms with E-state index in [0.29, 0.717) is 6.54 Å². The second-order valence-corrected chi connectivity index (χ2v) is 4.91. The van der Waals surface area contributed by atoms with Crippen molar-refractivity contribution in [3.05, 3.63) is 29.6 Å². The van der Waals surface area contributed by atoms with Crippen LogP contribution >= 0.6 is 0 Å². The van der Waals surface area contributed by atoms with E-state index in [1.807, 2.05) is 6.07 Å². The second kappa shape index (κ2) is 5.50. The number of halogens is 1. The molecule has 0 heterocycles. The maximum Gasteiger partial charge on any atom is 0.125 e. The molecule has 0 aliphatic heterocycles. The number of nitrogens with zero attached hydrogens (tertiary/aromatic N) is 1. The van der Waals surface area contributed by atoms with Gasteiger partial charge in [-0.3, -0.25) is 0 Å². The summed E-state index contributed by atoms with van der Waals surface area (Å²) in [5.41, 5.74) is 7.45. The van der Waals surface area contributed by atoms with Gasteiger partial charge >= 0.3 is 0 Å². The van der Waals surface area contributed by atoms with Gasteiger partial charge in [0.1, 0.15) is 5.82 Å². The lowest BCUT2D eigenvalue weighted by atomic mass is 10.1. The molecule has 0 saturated heterocycles. The van der Waals surface area contributed by atoms with Crippen LogP contribution in [0.1, 0.15) is 31.7 Å². The molecule has 0 amide bonds. The molecular formula is C14H21FN2. The Hall–Kier alpha value is -1.09. The summed E-state index contributed by atoms with van der Waals surface area (Å²) >= 11 is 0. The van der Waals surface area contributed by atoms with Crippen molar-refractivity contribution in [2.24, 2.45) is 11.7 Å². The fourth-order valence-corrected chi connectivity index (χ4v) is 2.14. The first-order valence-electron chi connectivity index (χ1n) is 6.47. The Morgan fingerprint density at radius 3 is 2.71 bits per heavy atom. The summed E-state index contributed by atoms with van der Waals surface area (Å²) in [5.74, 6) is 0.631. The molecule has 1 aromatic carbocycles. The summed E-state index contributed by atoms with van der Waals surface area (Å²) < 4.78 is 13.5. The number of hydrogen-bond acceptors (Lipinski definition) is 2. The van der Waals surface area contributed by atoms with Crippen LogP contribution in [0.4, 0.5) is 10.1 Å². The highest BCUT2D eigenvalue weighted by molar-refractivity contribution is 5.49. The van der Waals surface area contributed by atoms with Gasteiger partial charge in [0, 0.05) is 25.3 Å². The van der Waals surface area contributed by atoms with Crippen LogP contribution in [0.15, 0.2) is 18.2 Å². The zero-order valence-corrected chi connectivity index (χ0v) is 10.5. The van der Waals surface area contributed by atoms with Crippen LogP contribution in [0, 0.1) is 11.7 Å². The average molecular weight is 236 g/mol. The fraction of sp³-hybridized carbons (Fsp3) is 0.571. The minimum Gasteiger partial charge on any atom is -0.371 e. The van der Waals surface area contributed by atoms with Gasteiger partial charge in [-0.25, -0.2) is 4.39 Å². The molecule has 0 radical (unpaired) electrons. The summed E-state index contributed by atoms with van der Waals surface area (Å²) in [6, 6.07) is 5.16. The first-order valence-corrected chi connectivity index (χ1v) is 6.47. The third-order valence-corrected chi connectivity index (χ3v) is 3.21. The number of rotatable bonds is 6. The molecule has 2 nitrogen and oxygen atoms in total. The molecule has 94 valence electrons. The van der Waals surface area contributed by atoms with Gasteiger partial charge in [-0.05, 0) is 48.9 Å². The van der Waals surface area contributed by atoms with E-state index < -0.39 is 0 Å². The monoisotopic (exact) mass is 236 g/mol. The Balaban J connectivity index is 2.17. The standard InChI is InChI=1S/C14H21FN2/c1-2-5-17(10-11-3-4-11)14-7-12(9-16)6-13(15)8-14/h6-8,11H,2-5,9-10,16H2,1H3. The van der Waals surface area contributed by atoms with Crippen molar-refractivity contribution in [2.75, 3.05) is 18.0 Å². The maximum absolute atomic E-state index is 13.5. The summed E-state index contributed by atoms with van der Waals surface area (Å²) in [4.78, 5) is 2.29. The van der Waals surface area contributed by atoms with Gasteiger partial charge in [-0.1, -0.05) is 6.92 Å². The van der Waals surface area contributed by atoms with Crippen LogP contribution in [-0.4, -0.2) is 13.1 Å². The van der Waals surface area contributed by atoms with Crippen LogP contribution < -0.4 is 10.6 Å². The SMILES string of the molecule is CCCN(CC1CC1)c1cc(F)cc(CN)c1. The molecule has 0 unspecified atom stereocenters. The lowest BCUT2D eigenvalue weighted by Crippen LogP contribution is -2.26. The highest BCUT2D eigenvalue weighted by Crippen LogP contribution is 2.32. The molecule has 0 aromatic heterocycles. The van der Waals surface area contributed by atoms with E-state index in [-0.39, 0.29) is 5.82 Å². The van der Waals surface area contributed by atoms with E-state index in [1.165, 1.54) is 18.9 Å². The topological polar surface area (TPSA) is 29.3 Å². The van der Waals surface area contributed by atoms with Crippen molar-refractivity contribution < 1.29 is 4.39 Å². The zero-order chi connectivity index (χ0) is 12.3. The Bertz CT molecular complexity index is 374. The van der Waals surface area contributed by atoms with Gasteiger partial charge in [0.05, 0.1) is 0 Å². The Labute approximate surface area is 103 Å². The number of benzene rings is 1. The van der Waals surface area contributed by atoms with Gasteiger partial charge in [-0.2, -0.15) is 0 Å². The molecule has 1 aromatic rings. The minimum absolute atomic E-state index is 0.181. The molecule has 17 heavy (non-hydrogen) atoms. The van der Waals surface area contributed by atoms with E-state index in [4.69, 9.17) is 5.73 Å². The minimum atomic E-state index is -0.181. The van der Waals surface area contributed by atoms with E-state index >= 15 is 0 Å². The van der Waals surface area contributed by atoms with Crippen molar-refractivity contribution in [2.45, 2.75) is 32.7 Å². The maximum atomic E-state index is 13.5. The highest BCUT2D eigenvalue weighted by Gasteiger charge is 2.24. The molecular weight excluding hydrogens is 215 g/mol. The van der Waals surface area contributed by atoms with Crippen molar-refractivity contribution in [3.63, 3.8) is 0 Å². The number of hydrogen-bond donors (Lipinski definition) is 1. The Morgan fingerprint density at radius 2 is 2.12 bits per heavy atom. The molecule has 0 atom stereocenters. The molecule has 0 bridgehead atoms. The quantitative estimate of drug-likeness (QED) is 0.823. The molecule has 2 N–H and O–H groups in total. The van der Waals surface area contributed by atoms with Crippen molar-refractivity contribution in [3.8, 4) is 0 Å². The zero-order valence-electron chi connectivity index (χ0n) is 10.5. The molecule has 3 heteroatoms. The predicted molar refractivity (Wildman–Crippen MR) is 69.5 cm³/mol. The van der Waals surface area contributed by atoms with Gasteiger partial charge in [-0.15, -0.1) is 0 Å². The van der Waals surface area contributed by atoms with Crippen molar-refractivity contribution in [1.82, 2.24) is 0 Å². The highest BCUT2D eigenvalue weighted by atomic mass is 19.1. The fourth-order valence-electron chi connectivity index (χ4n) is 2.14. The van der Waals surface area contributed by atoms with Crippen LogP contribution in [0.5, 0.6) is 0 Å². The second-order valence-electron chi connectivity index (χ2n) is 4.91. The summed E-state index contributed by atoms with van der Waals surface area (Å²) in [6.07, 6.45) is 3.72. The number of anilines is 1. The first-order chi connectivity index (χ1) is 8.22. The summed E-state index contributed by atoms with van der Waals surface area (Å²) in [5, 5.41) is 0. The van der Waals surface area contributed by atoms with Gasteiger partial charge in [0.2, 0.25) is 0 Å². The van der Waals surface area contributed by atoms with E-state index in [2.05, 4.69) is 11.8 Å².